The molecule has 1 aliphatic heterocycles. The van der Waals surface area contributed by atoms with Gasteiger partial charge in [0.1, 0.15) is 11.9 Å². The number of hydrazine groups is 1. The number of rotatable bonds is 4. The smallest absolute Gasteiger partial charge is 0.275 e. The number of non-ortho nitro benzene ring substituents is 1. The number of nitro groups is 1. The highest BCUT2D eigenvalue weighted by Crippen LogP contribution is 2.27. The fourth-order valence-corrected chi connectivity index (χ4v) is 1.64. The van der Waals surface area contributed by atoms with Crippen LogP contribution in [0.15, 0.2) is 18.2 Å². The average molecular weight is 239 g/mol. The Morgan fingerprint density at radius 1 is 1.53 bits per heavy atom. The van der Waals surface area contributed by atoms with Crippen LogP contribution in [0.1, 0.15) is 6.42 Å². The fraction of sp³-hybridized carbons (Fsp3) is 0.400. The van der Waals surface area contributed by atoms with Gasteiger partial charge in [0.05, 0.1) is 29.9 Å². The molecule has 1 fully saturated rings. The van der Waals surface area contributed by atoms with Gasteiger partial charge < -0.3 is 14.9 Å². The number of ether oxygens (including phenoxy) is 2. The molecule has 0 radical (unpaired) electrons. The van der Waals surface area contributed by atoms with Gasteiger partial charge in [0.2, 0.25) is 0 Å². The number of nitro benzene ring substituents is 1. The molecule has 0 amide bonds. The molecular weight excluding hydrogens is 226 g/mol. The molecule has 0 aliphatic carbocycles. The minimum Gasteiger partial charge on any atom is -0.488 e. The van der Waals surface area contributed by atoms with Crippen LogP contribution in [0, 0.1) is 10.1 Å². The first kappa shape index (κ1) is 11.6. The molecule has 17 heavy (non-hydrogen) atoms. The molecule has 1 unspecified atom stereocenters. The molecule has 2 rings (SSSR count). The number of nitrogens with one attached hydrogen (secondary N) is 1. The lowest BCUT2D eigenvalue weighted by atomic mass is 10.2. The quantitative estimate of drug-likeness (QED) is 0.462. The summed E-state index contributed by atoms with van der Waals surface area (Å²) >= 11 is 0. The minimum absolute atomic E-state index is 0.0531. The minimum atomic E-state index is -0.487. The predicted octanol–water partition coefficient (Wildman–Crippen LogP) is 1.05. The monoisotopic (exact) mass is 239 g/mol. The average Bonchev–Trinajstić information content (AvgIpc) is 2.81. The first-order valence-corrected chi connectivity index (χ1v) is 5.19. The summed E-state index contributed by atoms with van der Waals surface area (Å²) in [6, 6.07) is 4.34. The molecule has 0 bridgehead atoms. The van der Waals surface area contributed by atoms with Gasteiger partial charge in [0.15, 0.2) is 0 Å². The number of nitrogen functional groups attached to an aromatic ring is 1. The second kappa shape index (κ2) is 4.98. The standard InChI is InChI=1S/C10H13N3O4/c11-12-7-3-8(13(14)15)5-10(4-7)17-9-1-2-16-6-9/h3-5,9,12H,1-2,6,11H2. The zero-order valence-electron chi connectivity index (χ0n) is 9.09. The highest BCUT2D eigenvalue weighted by Gasteiger charge is 2.19. The Labute approximate surface area is 97.6 Å². The summed E-state index contributed by atoms with van der Waals surface area (Å²) in [6.07, 6.45) is 0.733. The van der Waals surface area contributed by atoms with Crippen LogP contribution in [0.2, 0.25) is 0 Å². The number of anilines is 1. The summed E-state index contributed by atoms with van der Waals surface area (Å²) in [4.78, 5) is 10.2. The van der Waals surface area contributed by atoms with E-state index in [4.69, 9.17) is 15.3 Å². The number of hydrogen-bond acceptors (Lipinski definition) is 6. The van der Waals surface area contributed by atoms with Gasteiger partial charge in [-0.05, 0) is 0 Å². The third-order valence-corrected chi connectivity index (χ3v) is 2.46. The second-order valence-electron chi connectivity index (χ2n) is 3.72. The van der Waals surface area contributed by atoms with E-state index in [9.17, 15) is 10.1 Å². The van der Waals surface area contributed by atoms with E-state index in [2.05, 4.69) is 5.43 Å². The largest absolute Gasteiger partial charge is 0.488 e. The Kier molecular flexibility index (Phi) is 3.40. The summed E-state index contributed by atoms with van der Waals surface area (Å²) in [5.74, 6) is 5.66. The zero-order chi connectivity index (χ0) is 12.3. The summed E-state index contributed by atoms with van der Waals surface area (Å²) in [7, 11) is 0. The van der Waals surface area contributed by atoms with Crippen LogP contribution >= 0.6 is 0 Å². The van der Waals surface area contributed by atoms with Crippen molar-refractivity contribution in [3.05, 3.63) is 28.3 Å². The molecule has 7 heteroatoms. The van der Waals surface area contributed by atoms with Crippen molar-refractivity contribution in [1.29, 1.82) is 0 Å². The first-order chi connectivity index (χ1) is 8.19. The maximum atomic E-state index is 10.7. The molecule has 0 spiro atoms. The molecule has 1 aromatic rings. The van der Waals surface area contributed by atoms with Crippen LogP contribution in [0.5, 0.6) is 5.75 Å². The lowest BCUT2D eigenvalue weighted by molar-refractivity contribution is -0.384. The molecule has 1 heterocycles. The van der Waals surface area contributed by atoms with E-state index in [1.54, 1.807) is 6.07 Å². The van der Waals surface area contributed by atoms with Gasteiger partial charge in [-0.25, -0.2) is 0 Å². The normalized spacial score (nSPS) is 19.0. The summed E-state index contributed by atoms with van der Waals surface area (Å²) in [5, 5.41) is 10.7. The molecule has 0 aromatic heterocycles. The Bertz CT molecular complexity index is 418. The van der Waals surface area contributed by atoms with Crippen molar-refractivity contribution in [2.24, 2.45) is 5.84 Å². The van der Waals surface area contributed by atoms with Gasteiger partial charge in [-0.3, -0.25) is 16.0 Å². The highest BCUT2D eigenvalue weighted by atomic mass is 16.6. The van der Waals surface area contributed by atoms with Crippen LogP contribution < -0.4 is 16.0 Å². The van der Waals surface area contributed by atoms with E-state index in [-0.39, 0.29) is 11.8 Å². The van der Waals surface area contributed by atoms with Gasteiger partial charge in [-0.2, -0.15) is 0 Å². The maximum absolute atomic E-state index is 10.7. The van der Waals surface area contributed by atoms with E-state index in [0.717, 1.165) is 6.42 Å². The van der Waals surface area contributed by atoms with Crippen molar-refractivity contribution >= 4 is 11.4 Å². The molecule has 1 aliphatic rings. The molecule has 1 aromatic carbocycles. The van der Waals surface area contributed by atoms with Crippen LogP contribution in [-0.4, -0.2) is 24.2 Å². The lowest BCUT2D eigenvalue weighted by Crippen LogP contribution is -2.16. The molecule has 3 N–H and O–H groups in total. The van der Waals surface area contributed by atoms with E-state index < -0.39 is 4.92 Å². The van der Waals surface area contributed by atoms with Crippen molar-refractivity contribution in [3.8, 4) is 5.75 Å². The predicted molar refractivity (Wildman–Crippen MR) is 60.8 cm³/mol. The fourth-order valence-electron chi connectivity index (χ4n) is 1.64. The Morgan fingerprint density at radius 3 is 2.94 bits per heavy atom. The Hall–Kier alpha value is -1.86. The Morgan fingerprint density at radius 2 is 2.35 bits per heavy atom. The van der Waals surface area contributed by atoms with Crippen molar-refractivity contribution in [2.45, 2.75) is 12.5 Å². The topological polar surface area (TPSA) is 99.7 Å². The Balaban J connectivity index is 2.19. The van der Waals surface area contributed by atoms with Gasteiger partial charge in [-0.1, -0.05) is 0 Å². The maximum Gasteiger partial charge on any atom is 0.275 e. The molecular formula is C10H13N3O4. The molecule has 92 valence electrons. The zero-order valence-corrected chi connectivity index (χ0v) is 9.09. The third kappa shape index (κ3) is 2.83. The number of nitrogens with zero attached hydrogens (tertiary/aromatic N) is 1. The van der Waals surface area contributed by atoms with Gasteiger partial charge >= 0.3 is 0 Å². The van der Waals surface area contributed by atoms with Gasteiger partial charge in [0.25, 0.3) is 5.69 Å². The number of nitrogens with two attached hydrogens (primary N) is 1. The molecule has 1 saturated heterocycles. The van der Waals surface area contributed by atoms with Crippen LogP contribution in [0.25, 0.3) is 0 Å². The summed E-state index contributed by atoms with van der Waals surface area (Å²) < 4.78 is 10.7. The number of benzene rings is 1. The summed E-state index contributed by atoms with van der Waals surface area (Å²) in [5.41, 5.74) is 2.75. The van der Waals surface area contributed by atoms with Gasteiger partial charge in [0, 0.05) is 18.6 Å². The van der Waals surface area contributed by atoms with Crippen molar-refractivity contribution in [3.63, 3.8) is 0 Å². The van der Waals surface area contributed by atoms with E-state index >= 15 is 0 Å². The number of hydrogen-bond donors (Lipinski definition) is 2. The first-order valence-electron chi connectivity index (χ1n) is 5.19. The third-order valence-electron chi connectivity index (χ3n) is 2.46. The van der Waals surface area contributed by atoms with Crippen molar-refractivity contribution < 1.29 is 14.4 Å². The molecule has 0 saturated carbocycles. The van der Waals surface area contributed by atoms with E-state index in [0.29, 0.717) is 24.7 Å². The van der Waals surface area contributed by atoms with Crippen molar-refractivity contribution in [1.82, 2.24) is 0 Å². The van der Waals surface area contributed by atoms with Crippen molar-refractivity contribution in [2.75, 3.05) is 18.6 Å². The van der Waals surface area contributed by atoms with Crippen LogP contribution in [-0.2, 0) is 4.74 Å². The van der Waals surface area contributed by atoms with E-state index in [1.807, 2.05) is 0 Å². The molecule has 1 atom stereocenters. The van der Waals surface area contributed by atoms with Crippen LogP contribution in [0.3, 0.4) is 0 Å². The second-order valence-corrected chi connectivity index (χ2v) is 3.72. The highest BCUT2D eigenvalue weighted by molar-refractivity contribution is 5.55. The van der Waals surface area contributed by atoms with Gasteiger partial charge in [-0.15, -0.1) is 0 Å². The molecule has 7 nitrogen and oxygen atoms in total. The van der Waals surface area contributed by atoms with Crippen LogP contribution in [0.4, 0.5) is 11.4 Å². The SMILES string of the molecule is NNc1cc(OC2CCOC2)cc([N+](=O)[O-])c1. The summed E-state index contributed by atoms with van der Waals surface area (Å²) in [6.45, 7) is 1.16. The lowest BCUT2D eigenvalue weighted by Gasteiger charge is -2.12. The van der Waals surface area contributed by atoms with E-state index in [1.165, 1.54) is 12.1 Å².